The monoisotopic (exact) mass is 540 g/mol. The fourth-order valence-corrected chi connectivity index (χ4v) is 4.49. The first-order valence-electron chi connectivity index (χ1n) is 10.7. The third kappa shape index (κ3) is 6.36. The second kappa shape index (κ2) is 11.7. The van der Waals surface area contributed by atoms with Crippen molar-refractivity contribution in [2.75, 3.05) is 20.8 Å². The molecule has 4 rings (SSSR count). The molecule has 3 atom stereocenters. The van der Waals surface area contributed by atoms with Crippen LogP contribution < -0.4 is 29.8 Å². The smallest absolute Gasteiger partial charge is 0.463 e. The number of aromatic amines is 1. The molecule has 0 aliphatic carbocycles. The van der Waals surface area contributed by atoms with E-state index >= 15 is 0 Å². The normalized spacial score (nSPS) is 19.3. The van der Waals surface area contributed by atoms with Gasteiger partial charge >= 0.3 is 14.3 Å². The first kappa shape index (κ1) is 26.0. The molecule has 2 heterocycles. The zero-order chi connectivity index (χ0) is 25.7. The summed E-state index contributed by atoms with van der Waals surface area (Å²) in [4.78, 5) is 25.7. The lowest BCUT2D eigenvalue weighted by atomic mass is 10.2. The van der Waals surface area contributed by atoms with E-state index in [2.05, 4.69) is 4.98 Å². The zero-order valence-corrected chi connectivity index (χ0v) is 20.9. The molecular weight excluding hydrogens is 518 g/mol. The lowest BCUT2D eigenvalue weighted by molar-refractivity contribution is -0.0317. The van der Waals surface area contributed by atoms with Crippen molar-refractivity contribution in [2.45, 2.75) is 24.9 Å². The number of benzene rings is 2. The zero-order valence-electron chi connectivity index (χ0n) is 19.3. The number of hydrogen-bond acceptors (Lipinski definition) is 8. The summed E-state index contributed by atoms with van der Waals surface area (Å²) in [6.07, 6.45) is -2.45. The summed E-state index contributed by atoms with van der Waals surface area (Å²) >= 11 is 5.81. The molecule has 0 spiro atoms. The van der Waals surface area contributed by atoms with E-state index in [0.29, 0.717) is 23.0 Å². The third-order valence-corrected chi connectivity index (χ3v) is 6.57. The van der Waals surface area contributed by atoms with Gasteiger partial charge in [-0.3, -0.25) is 18.9 Å². The van der Waals surface area contributed by atoms with Crippen LogP contribution in [0.3, 0.4) is 0 Å². The van der Waals surface area contributed by atoms with Crippen LogP contribution in [-0.4, -0.2) is 42.7 Å². The highest BCUT2D eigenvalue weighted by Gasteiger charge is 2.38. The van der Waals surface area contributed by atoms with Crippen molar-refractivity contribution in [1.29, 1.82) is 0 Å². The van der Waals surface area contributed by atoms with Crippen LogP contribution in [0.4, 0.5) is 4.39 Å². The van der Waals surface area contributed by atoms with E-state index in [9.17, 15) is 14.0 Å². The minimum Gasteiger partial charge on any atom is -0.497 e. The van der Waals surface area contributed by atoms with Crippen molar-refractivity contribution < 1.29 is 32.2 Å². The largest absolute Gasteiger partial charge is 0.497 e. The number of nitrogens with one attached hydrogen (secondary N) is 1. The molecule has 0 radical (unpaired) electrons. The fourth-order valence-electron chi connectivity index (χ4n) is 3.34. The van der Waals surface area contributed by atoms with Crippen molar-refractivity contribution in [3.63, 3.8) is 0 Å². The summed E-state index contributed by atoms with van der Waals surface area (Å²) in [5, 5.41) is -0.211. The van der Waals surface area contributed by atoms with E-state index in [1.165, 1.54) is 0 Å². The molecule has 1 aliphatic heterocycles. The first-order chi connectivity index (χ1) is 17.4. The van der Waals surface area contributed by atoms with E-state index in [-0.39, 0.29) is 18.1 Å². The van der Waals surface area contributed by atoms with Gasteiger partial charge in [-0.15, -0.1) is 0 Å². The second-order valence-corrected chi connectivity index (χ2v) is 9.06. The molecular formula is C23H23ClFN2O8P. The molecule has 1 aromatic heterocycles. The molecule has 3 unspecified atom stereocenters. The molecule has 1 saturated heterocycles. The molecule has 0 saturated carbocycles. The van der Waals surface area contributed by atoms with Crippen LogP contribution in [0.15, 0.2) is 64.3 Å². The van der Waals surface area contributed by atoms with Crippen LogP contribution in [0.1, 0.15) is 12.6 Å². The highest BCUT2D eigenvalue weighted by atomic mass is 35.5. The molecule has 0 bridgehead atoms. The summed E-state index contributed by atoms with van der Waals surface area (Å²) in [5.74, 6) is 2.19. The van der Waals surface area contributed by atoms with Gasteiger partial charge in [-0.25, -0.2) is 9.18 Å². The minimum atomic E-state index is -2.03. The van der Waals surface area contributed by atoms with Crippen molar-refractivity contribution in [1.82, 2.24) is 9.55 Å². The Hall–Kier alpha value is -3.11. The summed E-state index contributed by atoms with van der Waals surface area (Å²) in [5.41, 5.74) is -1.49. The number of aromatic nitrogens is 2. The molecule has 3 aromatic rings. The van der Waals surface area contributed by atoms with Gasteiger partial charge < -0.3 is 23.3 Å². The maximum Gasteiger partial charge on any atom is 0.463 e. The highest BCUT2D eigenvalue weighted by molar-refractivity contribution is 7.42. The topological polar surface area (TPSA) is 110 Å². The number of nitrogens with zero attached hydrogens (tertiary/aromatic N) is 1. The van der Waals surface area contributed by atoms with E-state index < -0.39 is 38.4 Å². The van der Waals surface area contributed by atoms with E-state index in [0.717, 1.165) is 10.8 Å². The van der Waals surface area contributed by atoms with Gasteiger partial charge in [0.25, 0.3) is 5.56 Å². The summed E-state index contributed by atoms with van der Waals surface area (Å²) < 4.78 is 49.4. The number of methoxy groups -OCH3 is 2. The molecule has 36 heavy (non-hydrogen) atoms. The maximum atomic E-state index is 14.8. The van der Waals surface area contributed by atoms with E-state index in [4.69, 9.17) is 39.4 Å². The lowest BCUT2D eigenvalue weighted by Crippen LogP contribution is -2.32. The van der Waals surface area contributed by atoms with Crippen LogP contribution >= 0.6 is 20.2 Å². The van der Waals surface area contributed by atoms with Gasteiger partial charge in [0.15, 0.2) is 0 Å². The summed E-state index contributed by atoms with van der Waals surface area (Å²) in [6.45, 7) is -0.221. The Morgan fingerprint density at radius 3 is 2.06 bits per heavy atom. The van der Waals surface area contributed by atoms with Crippen molar-refractivity contribution in [3.05, 3.63) is 80.6 Å². The quantitative estimate of drug-likeness (QED) is 0.380. The third-order valence-electron chi connectivity index (χ3n) is 5.22. The van der Waals surface area contributed by atoms with Crippen LogP contribution in [0.25, 0.3) is 0 Å². The predicted molar refractivity (Wildman–Crippen MR) is 130 cm³/mol. The van der Waals surface area contributed by atoms with Gasteiger partial charge in [0, 0.05) is 12.6 Å². The standard InChI is InChI=1S/C23H23ClFN2O8P/c1-30-14-3-7-16(8-4-14)34-36(35-17-9-5-15(31-2)6-10-17)32-13-20-19(25)11-21(33-20)27-12-18(24)22(28)26-23(27)29/h3-10,12,19-21H,11,13H2,1-2H3,(H,26,28,29). The van der Waals surface area contributed by atoms with Crippen LogP contribution in [0.2, 0.25) is 5.02 Å². The second-order valence-electron chi connectivity index (χ2n) is 7.58. The Morgan fingerprint density at radius 1 is 1.00 bits per heavy atom. The van der Waals surface area contributed by atoms with Crippen LogP contribution in [0, 0.1) is 0 Å². The summed E-state index contributed by atoms with van der Waals surface area (Å²) in [6, 6.07) is 13.6. The fraction of sp³-hybridized carbons (Fsp3) is 0.304. The lowest BCUT2D eigenvalue weighted by Gasteiger charge is -2.20. The summed E-state index contributed by atoms with van der Waals surface area (Å²) in [7, 11) is 1.08. The number of H-pyrrole nitrogens is 1. The SMILES string of the molecule is COc1ccc(OP(OCC2OC(n3cc(Cl)c(=O)[nH]c3=O)CC2F)Oc2ccc(OC)cc2)cc1. The average Bonchev–Trinajstić information content (AvgIpc) is 3.25. The van der Waals surface area contributed by atoms with Crippen LogP contribution in [-0.2, 0) is 9.26 Å². The average molecular weight is 541 g/mol. The van der Waals surface area contributed by atoms with Gasteiger partial charge in [-0.05, 0) is 48.5 Å². The van der Waals surface area contributed by atoms with Gasteiger partial charge in [-0.1, -0.05) is 11.6 Å². The number of hydrogen-bond donors (Lipinski definition) is 1. The Kier molecular flexibility index (Phi) is 8.48. The molecule has 10 nitrogen and oxygen atoms in total. The van der Waals surface area contributed by atoms with Gasteiger partial charge in [-0.2, -0.15) is 0 Å². The Morgan fingerprint density at radius 2 is 1.53 bits per heavy atom. The molecule has 1 N–H and O–H groups in total. The Balaban J connectivity index is 1.45. The van der Waals surface area contributed by atoms with E-state index in [1.54, 1.807) is 62.8 Å². The number of ether oxygens (including phenoxy) is 3. The first-order valence-corrected chi connectivity index (χ1v) is 12.2. The van der Waals surface area contributed by atoms with Crippen molar-refractivity contribution >= 4 is 20.2 Å². The van der Waals surface area contributed by atoms with Gasteiger partial charge in [0.2, 0.25) is 0 Å². The molecule has 13 heteroatoms. The molecule has 192 valence electrons. The number of halogens is 2. The van der Waals surface area contributed by atoms with Crippen molar-refractivity contribution in [2.24, 2.45) is 0 Å². The molecule has 2 aromatic carbocycles. The number of rotatable bonds is 10. The number of alkyl halides is 1. The maximum absolute atomic E-state index is 14.8. The highest BCUT2D eigenvalue weighted by Crippen LogP contribution is 2.43. The minimum absolute atomic E-state index is 0.132. The van der Waals surface area contributed by atoms with E-state index in [1.807, 2.05) is 0 Å². The van der Waals surface area contributed by atoms with Crippen molar-refractivity contribution in [3.8, 4) is 23.0 Å². The Bertz CT molecular complexity index is 1220. The Labute approximate surface area is 211 Å². The van der Waals surface area contributed by atoms with Crippen LogP contribution in [0.5, 0.6) is 23.0 Å². The molecule has 1 aliphatic rings. The molecule has 0 amide bonds. The molecule has 1 fully saturated rings. The predicted octanol–water partition coefficient (Wildman–Crippen LogP) is 4.23. The van der Waals surface area contributed by atoms with Gasteiger partial charge in [0.1, 0.15) is 46.5 Å². The van der Waals surface area contributed by atoms with Gasteiger partial charge in [0.05, 0.1) is 20.8 Å².